The molecule has 0 saturated carbocycles. The van der Waals surface area contributed by atoms with Gasteiger partial charge in [0.2, 0.25) is 0 Å². The second kappa shape index (κ2) is 7.99. The highest BCUT2D eigenvalue weighted by molar-refractivity contribution is 5.85. The molecule has 1 saturated heterocycles. The highest BCUT2D eigenvalue weighted by Gasteiger charge is 2.25. The maximum absolute atomic E-state index is 14.3. The Balaban J connectivity index is 0.00000216. The number of fused-ring (bicyclic) bond motifs is 3. The quantitative estimate of drug-likeness (QED) is 0.511. The third-order valence-electron chi connectivity index (χ3n) is 5.81. The maximum Gasteiger partial charge on any atom is 0.253 e. The third-order valence-corrected chi connectivity index (χ3v) is 5.81. The largest absolute Gasteiger partial charge is 0.493 e. The van der Waals surface area contributed by atoms with E-state index >= 15 is 0 Å². The molecule has 0 aliphatic carbocycles. The number of ether oxygens (including phenoxy) is 1. The summed E-state index contributed by atoms with van der Waals surface area (Å²) < 4.78 is 36.6. The van der Waals surface area contributed by atoms with Gasteiger partial charge >= 0.3 is 0 Å². The van der Waals surface area contributed by atoms with Crippen molar-refractivity contribution in [2.45, 2.75) is 12.3 Å². The SMILES string of the molecule is Cl.Fc1ccc(-n2ncnc2-n2cc3c(n2)-c2ccc(C4CNC4)cc2OCC3)c(F)c1. The van der Waals surface area contributed by atoms with Crippen LogP contribution in [0.15, 0.2) is 48.9 Å². The molecule has 2 aromatic heterocycles. The number of hydrogen-bond donors (Lipinski definition) is 1. The fourth-order valence-corrected chi connectivity index (χ4v) is 4.04. The molecule has 0 amide bonds. The Morgan fingerprint density at radius 3 is 2.75 bits per heavy atom. The van der Waals surface area contributed by atoms with Crippen LogP contribution in [0.5, 0.6) is 5.75 Å². The van der Waals surface area contributed by atoms with Gasteiger partial charge in [-0.3, -0.25) is 0 Å². The first-order valence-electron chi connectivity index (χ1n) is 10.1. The van der Waals surface area contributed by atoms with Crippen LogP contribution in [0.4, 0.5) is 8.78 Å². The van der Waals surface area contributed by atoms with Gasteiger partial charge in [0.05, 0.1) is 12.3 Å². The van der Waals surface area contributed by atoms with Gasteiger partial charge in [0, 0.05) is 48.8 Å². The van der Waals surface area contributed by atoms with Gasteiger partial charge in [-0.05, 0) is 29.8 Å². The molecular formula is C22H19ClF2N6O. The monoisotopic (exact) mass is 456 g/mol. The normalized spacial score (nSPS) is 15.1. The highest BCUT2D eigenvalue weighted by Crippen LogP contribution is 2.37. The predicted octanol–water partition coefficient (Wildman–Crippen LogP) is 3.44. The zero-order chi connectivity index (χ0) is 20.9. The van der Waals surface area contributed by atoms with E-state index in [4.69, 9.17) is 9.84 Å². The molecule has 4 heterocycles. The summed E-state index contributed by atoms with van der Waals surface area (Å²) in [5.74, 6) is 0.274. The van der Waals surface area contributed by atoms with E-state index in [0.717, 1.165) is 41.7 Å². The lowest BCUT2D eigenvalue weighted by Crippen LogP contribution is -2.39. The van der Waals surface area contributed by atoms with E-state index in [1.165, 1.54) is 28.7 Å². The van der Waals surface area contributed by atoms with Crippen LogP contribution in [0.25, 0.3) is 22.9 Å². The van der Waals surface area contributed by atoms with E-state index < -0.39 is 11.6 Å². The average Bonchev–Trinajstić information content (AvgIpc) is 3.31. The molecule has 0 atom stereocenters. The van der Waals surface area contributed by atoms with Gasteiger partial charge in [-0.2, -0.15) is 19.9 Å². The van der Waals surface area contributed by atoms with Crippen molar-refractivity contribution in [2.24, 2.45) is 0 Å². The zero-order valence-corrected chi connectivity index (χ0v) is 17.6. The number of halogens is 3. The number of nitrogens with zero attached hydrogens (tertiary/aromatic N) is 5. The fourth-order valence-electron chi connectivity index (χ4n) is 4.04. The Morgan fingerprint density at radius 1 is 1.09 bits per heavy atom. The summed E-state index contributed by atoms with van der Waals surface area (Å²) in [5, 5.41) is 12.2. The van der Waals surface area contributed by atoms with Crippen LogP contribution >= 0.6 is 12.4 Å². The average molecular weight is 457 g/mol. The maximum atomic E-state index is 14.3. The summed E-state index contributed by atoms with van der Waals surface area (Å²) in [7, 11) is 0. The van der Waals surface area contributed by atoms with Crippen molar-refractivity contribution in [1.29, 1.82) is 0 Å². The van der Waals surface area contributed by atoms with Crippen LogP contribution in [0.2, 0.25) is 0 Å². The van der Waals surface area contributed by atoms with Crippen LogP contribution in [-0.2, 0) is 6.42 Å². The van der Waals surface area contributed by atoms with Crippen LogP contribution in [-0.4, -0.2) is 44.2 Å². The summed E-state index contributed by atoms with van der Waals surface area (Å²) in [6, 6.07) is 9.61. The van der Waals surface area contributed by atoms with E-state index in [2.05, 4.69) is 33.6 Å². The molecule has 7 nitrogen and oxygen atoms in total. The molecule has 4 aromatic rings. The Morgan fingerprint density at radius 2 is 1.97 bits per heavy atom. The van der Waals surface area contributed by atoms with Crippen molar-refractivity contribution in [1.82, 2.24) is 29.9 Å². The zero-order valence-electron chi connectivity index (χ0n) is 16.8. The minimum atomic E-state index is -0.725. The molecule has 0 unspecified atom stereocenters. The van der Waals surface area contributed by atoms with Crippen LogP contribution in [0.3, 0.4) is 0 Å². The molecule has 2 aliphatic rings. The second-order valence-corrected chi connectivity index (χ2v) is 7.72. The van der Waals surface area contributed by atoms with Crippen molar-refractivity contribution in [3.63, 3.8) is 0 Å². The minimum absolute atomic E-state index is 0. The van der Waals surface area contributed by atoms with Crippen molar-refractivity contribution in [2.75, 3.05) is 19.7 Å². The van der Waals surface area contributed by atoms with E-state index in [1.54, 1.807) is 4.68 Å². The molecule has 2 aliphatic heterocycles. The highest BCUT2D eigenvalue weighted by atomic mass is 35.5. The van der Waals surface area contributed by atoms with Crippen LogP contribution in [0, 0.1) is 11.6 Å². The molecular weight excluding hydrogens is 438 g/mol. The topological polar surface area (TPSA) is 69.8 Å². The van der Waals surface area contributed by atoms with Gasteiger partial charge in [-0.25, -0.2) is 13.5 Å². The molecule has 0 bridgehead atoms. The summed E-state index contributed by atoms with van der Waals surface area (Å²) in [6.07, 6.45) is 3.86. The summed E-state index contributed by atoms with van der Waals surface area (Å²) in [6.45, 7) is 2.50. The minimum Gasteiger partial charge on any atom is -0.493 e. The number of hydrogen-bond acceptors (Lipinski definition) is 5. The van der Waals surface area contributed by atoms with E-state index in [9.17, 15) is 8.78 Å². The number of nitrogens with one attached hydrogen (secondary N) is 1. The number of benzene rings is 2. The van der Waals surface area contributed by atoms with Crippen molar-refractivity contribution >= 4 is 12.4 Å². The van der Waals surface area contributed by atoms with Gasteiger partial charge in [0.1, 0.15) is 23.6 Å². The predicted molar refractivity (Wildman–Crippen MR) is 116 cm³/mol. The van der Waals surface area contributed by atoms with Crippen LogP contribution < -0.4 is 10.1 Å². The first kappa shape index (κ1) is 20.6. The Labute approximate surface area is 188 Å². The molecule has 164 valence electrons. The van der Waals surface area contributed by atoms with Gasteiger partial charge in [0.25, 0.3) is 5.95 Å². The molecule has 0 radical (unpaired) electrons. The van der Waals surface area contributed by atoms with E-state index in [-0.39, 0.29) is 18.1 Å². The van der Waals surface area contributed by atoms with Crippen LogP contribution in [0.1, 0.15) is 17.0 Å². The first-order valence-corrected chi connectivity index (χ1v) is 10.1. The Hall–Kier alpha value is -3.30. The lowest BCUT2D eigenvalue weighted by Gasteiger charge is -2.28. The lowest BCUT2D eigenvalue weighted by molar-refractivity contribution is 0.325. The number of rotatable bonds is 3. The molecule has 2 aromatic carbocycles. The second-order valence-electron chi connectivity index (χ2n) is 7.72. The summed E-state index contributed by atoms with van der Waals surface area (Å²) in [5.41, 5.74) is 4.08. The van der Waals surface area contributed by atoms with Crippen molar-refractivity contribution in [3.8, 4) is 28.6 Å². The first-order chi connectivity index (χ1) is 15.2. The smallest absolute Gasteiger partial charge is 0.253 e. The van der Waals surface area contributed by atoms with Gasteiger partial charge in [0.15, 0.2) is 5.82 Å². The fraction of sp³-hybridized carbons (Fsp3) is 0.227. The third kappa shape index (κ3) is 3.34. The number of aromatic nitrogens is 5. The standard InChI is InChI=1S/C22H18F2N6O.ClH/c23-16-2-4-19(18(24)8-16)30-22(26-12-27-30)29-11-14-5-6-31-20-7-13(15-9-25-10-15)1-3-17(20)21(14)28-29;/h1-4,7-8,11-12,15,25H,5-6,9-10H2;1H. The van der Waals surface area contributed by atoms with Gasteiger partial charge < -0.3 is 10.1 Å². The van der Waals surface area contributed by atoms with Crippen molar-refractivity contribution < 1.29 is 13.5 Å². The summed E-state index contributed by atoms with van der Waals surface area (Å²) >= 11 is 0. The molecule has 6 rings (SSSR count). The van der Waals surface area contributed by atoms with Gasteiger partial charge in [-0.1, -0.05) is 6.07 Å². The summed E-state index contributed by atoms with van der Waals surface area (Å²) in [4.78, 5) is 4.26. The molecule has 10 heteroatoms. The molecule has 1 N–H and O–H groups in total. The molecule has 0 spiro atoms. The van der Waals surface area contributed by atoms with E-state index in [1.807, 2.05) is 6.20 Å². The van der Waals surface area contributed by atoms with Gasteiger partial charge in [-0.15, -0.1) is 12.4 Å². The Bertz CT molecular complexity index is 1300. The molecule has 1 fully saturated rings. The lowest BCUT2D eigenvalue weighted by atomic mass is 9.92. The molecule has 32 heavy (non-hydrogen) atoms. The van der Waals surface area contributed by atoms with E-state index in [0.29, 0.717) is 24.9 Å². The van der Waals surface area contributed by atoms with Crippen molar-refractivity contribution in [3.05, 3.63) is 71.7 Å². The Kier molecular flexibility index (Phi) is 5.15.